The molecule has 1 aliphatic rings. The molecule has 0 bridgehead atoms. The maximum Gasteiger partial charge on any atom is 0.143 e. The lowest BCUT2D eigenvalue weighted by atomic mass is 9.96. The van der Waals surface area contributed by atoms with Crippen molar-refractivity contribution >= 4 is 6.08 Å². The lowest BCUT2D eigenvalue weighted by Gasteiger charge is -2.24. The Kier molecular flexibility index (Phi) is 3.10. The van der Waals surface area contributed by atoms with Crippen LogP contribution >= 0.6 is 0 Å². The van der Waals surface area contributed by atoms with E-state index in [0.717, 1.165) is 22.4 Å². The summed E-state index contributed by atoms with van der Waals surface area (Å²) in [4.78, 5) is 0. The van der Waals surface area contributed by atoms with Gasteiger partial charge in [-0.1, -0.05) is 48.5 Å². The number of para-hydroxylation sites is 1. The fraction of sp³-hybridized carbons (Fsp3) is 0.176. The van der Waals surface area contributed by atoms with E-state index in [4.69, 9.17) is 4.74 Å². The van der Waals surface area contributed by atoms with Crippen LogP contribution < -0.4 is 4.74 Å². The Morgan fingerprint density at radius 1 is 1.05 bits per heavy atom. The summed E-state index contributed by atoms with van der Waals surface area (Å²) in [5.74, 6) is 0.885. The van der Waals surface area contributed by atoms with Crippen LogP contribution in [0.2, 0.25) is 0 Å². The van der Waals surface area contributed by atoms with Gasteiger partial charge in [-0.05, 0) is 24.6 Å². The van der Waals surface area contributed by atoms with Gasteiger partial charge >= 0.3 is 0 Å². The van der Waals surface area contributed by atoms with Crippen molar-refractivity contribution in [3.63, 3.8) is 0 Å². The number of ether oxygens (including phenoxy) is 1. The molecule has 2 heteroatoms. The van der Waals surface area contributed by atoms with E-state index in [1.807, 2.05) is 54.6 Å². The molecule has 0 spiro atoms. The quantitative estimate of drug-likeness (QED) is 0.878. The zero-order valence-corrected chi connectivity index (χ0v) is 10.8. The number of hydrogen-bond acceptors (Lipinski definition) is 2. The fourth-order valence-corrected chi connectivity index (χ4v) is 2.41. The van der Waals surface area contributed by atoms with Crippen LogP contribution in [-0.4, -0.2) is 5.11 Å². The number of fused-ring (bicyclic) bond motifs is 1. The second-order valence-electron chi connectivity index (χ2n) is 4.74. The van der Waals surface area contributed by atoms with Crippen LogP contribution in [0.25, 0.3) is 6.08 Å². The van der Waals surface area contributed by atoms with E-state index < -0.39 is 6.10 Å². The third-order valence-corrected chi connectivity index (χ3v) is 3.38. The fourth-order valence-electron chi connectivity index (χ4n) is 2.41. The number of hydrogen-bond donors (Lipinski definition) is 1. The average molecular weight is 252 g/mol. The Hall–Kier alpha value is -2.06. The smallest absolute Gasteiger partial charge is 0.143 e. The van der Waals surface area contributed by atoms with Gasteiger partial charge in [-0.2, -0.15) is 0 Å². The first-order chi connectivity index (χ1) is 9.25. The highest BCUT2D eigenvalue weighted by atomic mass is 16.5. The number of aliphatic hydroxyl groups is 1. The molecule has 3 rings (SSSR count). The van der Waals surface area contributed by atoms with E-state index in [9.17, 15) is 5.11 Å². The van der Waals surface area contributed by atoms with Crippen LogP contribution in [0.15, 0.2) is 54.6 Å². The van der Waals surface area contributed by atoms with Crippen LogP contribution in [-0.2, 0) is 0 Å². The molecule has 2 nitrogen and oxygen atoms in total. The van der Waals surface area contributed by atoms with Gasteiger partial charge in [-0.25, -0.2) is 0 Å². The summed E-state index contributed by atoms with van der Waals surface area (Å²) in [6, 6.07) is 15.8. The molecule has 0 radical (unpaired) electrons. The van der Waals surface area contributed by atoms with Gasteiger partial charge in [0.1, 0.15) is 11.9 Å². The van der Waals surface area contributed by atoms with Crippen LogP contribution in [0.5, 0.6) is 5.75 Å². The summed E-state index contributed by atoms with van der Waals surface area (Å²) in [5.41, 5.74) is 3.02. The molecule has 1 heterocycles. The van der Waals surface area contributed by atoms with Crippen molar-refractivity contribution < 1.29 is 9.84 Å². The van der Waals surface area contributed by atoms with Crippen molar-refractivity contribution in [2.75, 3.05) is 0 Å². The predicted octanol–water partition coefficient (Wildman–Crippen LogP) is 3.89. The molecule has 2 atom stereocenters. The molecule has 96 valence electrons. The van der Waals surface area contributed by atoms with Gasteiger partial charge in [0.25, 0.3) is 0 Å². The third kappa shape index (κ3) is 2.27. The molecule has 2 aromatic carbocycles. The average Bonchev–Trinajstić information content (AvgIpc) is 2.46. The van der Waals surface area contributed by atoms with Crippen LogP contribution in [0.4, 0.5) is 0 Å². The van der Waals surface area contributed by atoms with E-state index >= 15 is 0 Å². The minimum atomic E-state index is -0.495. The molecule has 19 heavy (non-hydrogen) atoms. The summed E-state index contributed by atoms with van der Waals surface area (Å²) < 4.78 is 6.01. The van der Waals surface area contributed by atoms with Crippen molar-refractivity contribution in [1.29, 1.82) is 0 Å². The number of benzene rings is 2. The van der Waals surface area contributed by atoms with Crippen molar-refractivity contribution in [2.45, 2.75) is 19.1 Å². The molecule has 0 saturated heterocycles. The Labute approximate surface area is 113 Å². The number of rotatable bonds is 2. The first-order valence-corrected chi connectivity index (χ1v) is 6.46. The summed E-state index contributed by atoms with van der Waals surface area (Å²) in [7, 11) is 0. The van der Waals surface area contributed by atoms with Crippen molar-refractivity contribution in [1.82, 2.24) is 0 Å². The minimum absolute atomic E-state index is 0.138. The van der Waals surface area contributed by atoms with E-state index in [-0.39, 0.29) is 6.10 Å². The highest BCUT2D eigenvalue weighted by molar-refractivity contribution is 5.60. The largest absolute Gasteiger partial charge is 0.481 e. The second kappa shape index (κ2) is 4.90. The molecule has 0 aliphatic carbocycles. The molecule has 0 amide bonds. The summed E-state index contributed by atoms with van der Waals surface area (Å²) in [6.45, 7) is 1.78. The van der Waals surface area contributed by atoms with Gasteiger partial charge in [0, 0.05) is 11.1 Å². The molecule has 0 aromatic heterocycles. The van der Waals surface area contributed by atoms with Crippen molar-refractivity contribution in [3.8, 4) is 5.75 Å². The molecule has 1 aliphatic heterocycles. The number of aliphatic hydroxyl groups excluding tert-OH is 1. The minimum Gasteiger partial charge on any atom is -0.481 e. The van der Waals surface area contributed by atoms with Gasteiger partial charge in [0.2, 0.25) is 0 Å². The van der Waals surface area contributed by atoms with Crippen LogP contribution in [0, 0.1) is 0 Å². The monoisotopic (exact) mass is 252 g/mol. The Bertz CT molecular complexity index is 614. The zero-order chi connectivity index (χ0) is 13.2. The Morgan fingerprint density at radius 2 is 1.79 bits per heavy atom. The van der Waals surface area contributed by atoms with E-state index in [0.29, 0.717) is 0 Å². The lowest BCUT2D eigenvalue weighted by Crippen LogP contribution is -2.12. The van der Waals surface area contributed by atoms with E-state index in [1.165, 1.54) is 0 Å². The summed E-state index contributed by atoms with van der Waals surface area (Å²) in [5, 5.41) is 9.85. The SMILES string of the molecule is CC(O)c1ccccc1C1C=Cc2ccccc2O1. The molecule has 1 N–H and O–H groups in total. The topological polar surface area (TPSA) is 29.5 Å². The van der Waals surface area contributed by atoms with Gasteiger partial charge in [-0.15, -0.1) is 0 Å². The summed E-state index contributed by atoms with van der Waals surface area (Å²) in [6.07, 6.45) is 3.47. The second-order valence-corrected chi connectivity index (χ2v) is 4.74. The van der Waals surface area contributed by atoms with Gasteiger partial charge < -0.3 is 9.84 Å². The third-order valence-electron chi connectivity index (χ3n) is 3.38. The maximum absolute atomic E-state index is 9.85. The van der Waals surface area contributed by atoms with Crippen molar-refractivity contribution in [2.24, 2.45) is 0 Å². The zero-order valence-electron chi connectivity index (χ0n) is 10.8. The predicted molar refractivity (Wildman–Crippen MR) is 75.9 cm³/mol. The van der Waals surface area contributed by atoms with Crippen molar-refractivity contribution in [3.05, 3.63) is 71.3 Å². The van der Waals surface area contributed by atoms with Gasteiger partial charge in [0.05, 0.1) is 6.10 Å². The molecule has 2 aromatic rings. The molecular formula is C17H16O2. The van der Waals surface area contributed by atoms with E-state index in [1.54, 1.807) is 6.92 Å². The highest BCUT2D eigenvalue weighted by Crippen LogP contribution is 2.34. The van der Waals surface area contributed by atoms with Gasteiger partial charge in [0.15, 0.2) is 0 Å². The van der Waals surface area contributed by atoms with Crippen LogP contribution in [0.1, 0.15) is 35.8 Å². The standard InChI is InChI=1S/C17H16O2/c1-12(18)14-7-3-4-8-15(14)17-11-10-13-6-2-5-9-16(13)19-17/h2-12,17-18H,1H3. The lowest BCUT2D eigenvalue weighted by molar-refractivity contribution is 0.190. The normalized spacial score (nSPS) is 18.5. The first kappa shape index (κ1) is 12.0. The Balaban J connectivity index is 1.98. The Morgan fingerprint density at radius 3 is 2.63 bits per heavy atom. The molecule has 0 saturated carbocycles. The molecule has 2 unspecified atom stereocenters. The maximum atomic E-state index is 9.85. The highest BCUT2D eigenvalue weighted by Gasteiger charge is 2.20. The summed E-state index contributed by atoms with van der Waals surface area (Å²) >= 11 is 0. The van der Waals surface area contributed by atoms with Gasteiger partial charge in [-0.3, -0.25) is 0 Å². The molecule has 0 fully saturated rings. The van der Waals surface area contributed by atoms with Crippen LogP contribution in [0.3, 0.4) is 0 Å². The first-order valence-electron chi connectivity index (χ1n) is 6.46. The van der Waals surface area contributed by atoms with E-state index in [2.05, 4.69) is 6.08 Å². The molecular weight excluding hydrogens is 236 g/mol.